The van der Waals surface area contributed by atoms with Crippen molar-refractivity contribution in [2.45, 2.75) is 19.1 Å². The van der Waals surface area contributed by atoms with Gasteiger partial charge in [-0.05, 0) is 52.7 Å². The number of hydrogen-bond donors (Lipinski definition) is 1. The van der Waals surface area contributed by atoms with Crippen LogP contribution in [-0.2, 0) is 20.6 Å². The number of thioether (sulfide) groups is 1. The number of hydrogen-bond acceptors (Lipinski definition) is 4. The third kappa shape index (κ3) is 7.48. The molecule has 0 aliphatic rings. The van der Waals surface area contributed by atoms with Crippen molar-refractivity contribution >= 4 is 49.3 Å². The summed E-state index contributed by atoms with van der Waals surface area (Å²) in [4.78, 5) is 12.2. The molecule has 0 fully saturated rings. The van der Waals surface area contributed by atoms with Crippen LogP contribution in [0.5, 0.6) is 0 Å². The second-order valence-electron chi connectivity index (χ2n) is 6.46. The van der Waals surface area contributed by atoms with Crippen molar-refractivity contribution in [2.24, 2.45) is 0 Å². The minimum atomic E-state index is -3.57. The number of aryl methyl sites for hydroxylation is 1. The zero-order valence-electron chi connectivity index (χ0n) is 16.0. The third-order valence-electron chi connectivity index (χ3n) is 3.99. The number of para-hydroxylation sites is 1. The minimum Gasteiger partial charge on any atom is -0.354 e. The van der Waals surface area contributed by atoms with E-state index in [4.69, 9.17) is 0 Å². The van der Waals surface area contributed by atoms with Gasteiger partial charge in [-0.25, -0.2) is 8.42 Å². The number of nitrogens with one attached hydrogen (secondary N) is 1. The number of carbonyl (C=O) groups is 1. The van der Waals surface area contributed by atoms with Crippen LogP contribution in [0.15, 0.2) is 53.0 Å². The Morgan fingerprint density at radius 2 is 1.82 bits per heavy atom. The van der Waals surface area contributed by atoms with Gasteiger partial charge in [-0.2, -0.15) is 11.8 Å². The first-order valence-corrected chi connectivity index (χ1v) is 12.7. The van der Waals surface area contributed by atoms with Crippen molar-refractivity contribution in [1.82, 2.24) is 5.32 Å². The summed E-state index contributed by atoms with van der Waals surface area (Å²) in [5.74, 6) is 1.55. The van der Waals surface area contributed by atoms with Gasteiger partial charge >= 0.3 is 0 Å². The summed E-state index contributed by atoms with van der Waals surface area (Å²) in [5.41, 5.74) is 2.99. The van der Waals surface area contributed by atoms with Gasteiger partial charge in [0.05, 0.1) is 11.9 Å². The quantitative estimate of drug-likeness (QED) is 0.518. The van der Waals surface area contributed by atoms with Gasteiger partial charge in [0.2, 0.25) is 15.9 Å². The Kier molecular flexibility index (Phi) is 8.85. The van der Waals surface area contributed by atoms with Gasteiger partial charge in [0.15, 0.2) is 0 Å². The zero-order valence-corrected chi connectivity index (χ0v) is 19.2. The highest BCUT2D eigenvalue weighted by molar-refractivity contribution is 9.10. The summed E-state index contributed by atoms with van der Waals surface area (Å²) < 4.78 is 26.0. The summed E-state index contributed by atoms with van der Waals surface area (Å²) in [6.45, 7) is 2.35. The molecule has 152 valence electrons. The SMILES string of the molecule is Cc1ccc(CSCCCNC(=O)CN(c2ccccc2Br)S(C)(=O)=O)cc1. The first kappa shape index (κ1) is 22.8. The second kappa shape index (κ2) is 10.9. The molecule has 0 aromatic heterocycles. The van der Waals surface area contributed by atoms with Crippen molar-refractivity contribution < 1.29 is 13.2 Å². The molecule has 0 atom stereocenters. The lowest BCUT2D eigenvalue weighted by atomic mass is 10.2. The lowest BCUT2D eigenvalue weighted by molar-refractivity contribution is -0.119. The normalized spacial score (nSPS) is 11.2. The van der Waals surface area contributed by atoms with E-state index < -0.39 is 10.0 Å². The number of halogens is 1. The maximum Gasteiger partial charge on any atom is 0.240 e. The summed E-state index contributed by atoms with van der Waals surface area (Å²) >= 11 is 5.16. The molecular weight excluding hydrogens is 460 g/mol. The first-order valence-electron chi connectivity index (χ1n) is 8.89. The monoisotopic (exact) mass is 484 g/mol. The third-order valence-corrected chi connectivity index (χ3v) is 6.90. The Morgan fingerprint density at radius 3 is 2.46 bits per heavy atom. The molecule has 0 spiro atoms. The smallest absolute Gasteiger partial charge is 0.240 e. The Balaban J connectivity index is 1.76. The average Bonchev–Trinajstić information content (AvgIpc) is 2.64. The van der Waals surface area contributed by atoms with Crippen LogP contribution in [0.3, 0.4) is 0 Å². The van der Waals surface area contributed by atoms with E-state index in [2.05, 4.69) is 52.4 Å². The average molecular weight is 485 g/mol. The molecule has 0 saturated heterocycles. The molecule has 8 heteroatoms. The lowest BCUT2D eigenvalue weighted by Gasteiger charge is -2.23. The Morgan fingerprint density at radius 1 is 1.14 bits per heavy atom. The van der Waals surface area contributed by atoms with Crippen LogP contribution >= 0.6 is 27.7 Å². The van der Waals surface area contributed by atoms with E-state index in [9.17, 15) is 13.2 Å². The van der Waals surface area contributed by atoms with Crippen molar-refractivity contribution in [3.63, 3.8) is 0 Å². The summed E-state index contributed by atoms with van der Waals surface area (Å²) in [6, 6.07) is 15.4. The number of anilines is 1. The molecule has 2 aromatic rings. The van der Waals surface area contributed by atoms with E-state index in [0.717, 1.165) is 28.5 Å². The zero-order chi connectivity index (χ0) is 20.6. The molecule has 0 unspecified atom stereocenters. The summed E-state index contributed by atoms with van der Waals surface area (Å²) in [6.07, 6.45) is 1.93. The molecule has 2 rings (SSSR count). The van der Waals surface area contributed by atoms with Gasteiger partial charge in [0.25, 0.3) is 0 Å². The molecule has 0 aliphatic heterocycles. The van der Waals surface area contributed by atoms with E-state index in [1.165, 1.54) is 11.1 Å². The van der Waals surface area contributed by atoms with E-state index in [-0.39, 0.29) is 12.5 Å². The largest absolute Gasteiger partial charge is 0.354 e. The molecule has 0 heterocycles. The van der Waals surface area contributed by atoms with Crippen molar-refractivity contribution in [3.05, 3.63) is 64.1 Å². The van der Waals surface area contributed by atoms with Crippen molar-refractivity contribution in [3.8, 4) is 0 Å². The van der Waals surface area contributed by atoms with Gasteiger partial charge in [-0.15, -0.1) is 0 Å². The van der Waals surface area contributed by atoms with E-state index >= 15 is 0 Å². The molecule has 1 N–H and O–H groups in total. The number of amides is 1. The van der Waals surface area contributed by atoms with Crippen molar-refractivity contribution in [1.29, 1.82) is 0 Å². The van der Waals surface area contributed by atoms with Gasteiger partial charge < -0.3 is 5.32 Å². The summed E-state index contributed by atoms with van der Waals surface area (Å²) in [5, 5.41) is 2.81. The maximum atomic E-state index is 12.2. The molecule has 0 saturated carbocycles. The second-order valence-corrected chi connectivity index (χ2v) is 10.3. The molecule has 0 bridgehead atoms. The Labute approximate surface area is 180 Å². The molecule has 0 aliphatic carbocycles. The molecule has 0 radical (unpaired) electrons. The van der Waals surface area contributed by atoms with Crippen LogP contribution in [0.1, 0.15) is 17.5 Å². The first-order chi connectivity index (χ1) is 13.3. The fraction of sp³-hybridized carbons (Fsp3) is 0.350. The van der Waals surface area contributed by atoms with Crippen molar-refractivity contribution in [2.75, 3.05) is 29.4 Å². The number of carbonyl (C=O) groups excluding carboxylic acids is 1. The number of benzene rings is 2. The van der Waals surface area contributed by atoms with E-state index in [1.54, 1.807) is 24.3 Å². The van der Waals surface area contributed by atoms with Gasteiger partial charge in [0.1, 0.15) is 6.54 Å². The fourth-order valence-corrected chi connectivity index (χ4v) is 4.90. The van der Waals surface area contributed by atoms with Gasteiger partial charge in [-0.1, -0.05) is 42.0 Å². The van der Waals surface area contributed by atoms with Crippen LogP contribution < -0.4 is 9.62 Å². The minimum absolute atomic E-state index is 0.238. The number of rotatable bonds is 10. The molecule has 28 heavy (non-hydrogen) atoms. The number of sulfonamides is 1. The fourth-order valence-electron chi connectivity index (χ4n) is 2.50. The Bertz CT molecular complexity index is 887. The highest BCUT2D eigenvalue weighted by atomic mass is 79.9. The van der Waals surface area contributed by atoms with Crippen LogP contribution in [0.25, 0.3) is 0 Å². The molecule has 1 amide bonds. The van der Waals surface area contributed by atoms with Crippen LogP contribution in [0.4, 0.5) is 5.69 Å². The molecule has 2 aromatic carbocycles. The van der Waals surface area contributed by atoms with Gasteiger partial charge in [-0.3, -0.25) is 9.10 Å². The van der Waals surface area contributed by atoms with Crippen LogP contribution in [0, 0.1) is 6.92 Å². The lowest BCUT2D eigenvalue weighted by Crippen LogP contribution is -2.40. The highest BCUT2D eigenvalue weighted by Gasteiger charge is 2.22. The standard InChI is InChI=1S/C20H25BrN2O3S2/c1-16-8-10-17(11-9-16)15-27-13-5-12-22-20(24)14-23(28(2,25)26)19-7-4-3-6-18(19)21/h3-4,6-11H,5,12-15H2,1-2H3,(H,22,24). The highest BCUT2D eigenvalue weighted by Crippen LogP contribution is 2.27. The topological polar surface area (TPSA) is 66.5 Å². The predicted molar refractivity (Wildman–Crippen MR) is 121 cm³/mol. The predicted octanol–water partition coefficient (Wildman–Crippen LogP) is 3.96. The number of nitrogens with zero attached hydrogens (tertiary/aromatic N) is 1. The van der Waals surface area contributed by atoms with E-state index in [0.29, 0.717) is 16.7 Å². The summed E-state index contributed by atoms with van der Waals surface area (Å²) in [7, 11) is -3.57. The van der Waals surface area contributed by atoms with E-state index in [1.807, 2.05) is 11.8 Å². The van der Waals surface area contributed by atoms with Crippen LogP contribution in [0.2, 0.25) is 0 Å². The molecule has 5 nitrogen and oxygen atoms in total. The van der Waals surface area contributed by atoms with Crippen LogP contribution in [-0.4, -0.2) is 39.4 Å². The molecular formula is C20H25BrN2O3S2. The Hall–Kier alpha value is -1.51. The van der Waals surface area contributed by atoms with Gasteiger partial charge in [0, 0.05) is 16.8 Å². The maximum absolute atomic E-state index is 12.2.